The average molecular weight is 193 g/mol. The Morgan fingerprint density at radius 2 is 1.71 bits per heavy atom. The smallest absolute Gasteiger partial charge is 0.0372 e. The van der Waals surface area contributed by atoms with Gasteiger partial charge >= 0.3 is 0 Å². The number of nitrogens with zero attached hydrogens (tertiary/aromatic N) is 1. The number of hydrogen-bond donors (Lipinski definition) is 0. The molecule has 0 unspecified atom stereocenters. The van der Waals surface area contributed by atoms with Crippen LogP contribution in [-0.2, 0) is 0 Å². The van der Waals surface area contributed by atoms with E-state index in [0.29, 0.717) is 5.92 Å². The van der Waals surface area contributed by atoms with Crippen LogP contribution in [0.4, 0.5) is 0 Å². The van der Waals surface area contributed by atoms with E-state index in [-0.39, 0.29) is 0 Å². The lowest BCUT2D eigenvalue weighted by Crippen LogP contribution is -1.96. The first-order valence-corrected chi connectivity index (χ1v) is 5.70. The summed E-state index contributed by atoms with van der Waals surface area (Å²) in [6.45, 7) is 10.5. The molecule has 1 heteroatoms. The third kappa shape index (κ3) is 3.91. The number of pyridine rings is 1. The van der Waals surface area contributed by atoms with E-state index in [1.165, 1.54) is 18.4 Å². The Bertz CT molecular complexity index is 221. The molecule has 0 aliphatic heterocycles. The van der Waals surface area contributed by atoms with Crippen molar-refractivity contribution in [3.8, 4) is 0 Å². The van der Waals surface area contributed by atoms with Crippen LogP contribution in [0.2, 0.25) is 0 Å². The lowest BCUT2D eigenvalue weighted by Gasteiger charge is -2.11. The quantitative estimate of drug-likeness (QED) is 0.696. The van der Waals surface area contributed by atoms with Crippen molar-refractivity contribution in [1.29, 1.82) is 0 Å². The second-order valence-corrected chi connectivity index (χ2v) is 3.25. The van der Waals surface area contributed by atoms with Gasteiger partial charge in [-0.2, -0.15) is 0 Å². The van der Waals surface area contributed by atoms with Crippen molar-refractivity contribution < 1.29 is 0 Å². The topological polar surface area (TPSA) is 12.9 Å². The lowest BCUT2D eigenvalue weighted by molar-refractivity contribution is 0.639. The Balaban J connectivity index is 0.000000791. The summed E-state index contributed by atoms with van der Waals surface area (Å²) >= 11 is 0. The molecule has 1 aromatic rings. The summed E-state index contributed by atoms with van der Waals surface area (Å²) in [6, 6.07) is 4.29. The first-order valence-electron chi connectivity index (χ1n) is 5.70. The highest BCUT2D eigenvalue weighted by molar-refractivity contribution is 5.17. The first-order chi connectivity index (χ1) is 6.77. The molecule has 1 heterocycles. The molecular formula is C13H23N. The molecule has 0 atom stereocenters. The second-order valence-electron chi connectivity index (χ2n) is 3.25. The molecule has 0 spiro atoms. The van der Waals surface area contributed by atoms with Crippen molar-refractivity contribution in [3.05, 3.63) is 29.6 Å². The number of aryl methyl sites for hydroxylation is 1. The van der Waals surface area contributed by atoms with Crippen LogP contribution in [0.15, 0.2) is 18.3 Å². The van der Waals surface area contributed by atoms with Gasteiger partial charge in [-0.15, -0.1) is 0 Å². The molecule has 1 rings (SSSR count). The van der Waals surface area contributed by atoms with Gasteiger partial charge in [-0.05, 0) is 37.3 Å². The van der Waals surface area contributed by atoms with Crippen LogP contribution >= 0.6 is 0 Å². The van der Waals surface area contributed by atoms with E-state index >= 15 is 0 Å². The van der Waals surface area contributed by atoms with E-state index in [9.17, 15) is 0 Å². The average Bonchev–Trinajstić information content (AvgIpc) is 2.25. The maximum atomic E-state index is 4.30. The molecule has 80 valence electrons. The Morgan fingerprint density at radius 1 is 1.14 bits per heavy atom. The molecule has 0 aliphatic carbocycles. The molecule has 0 fully saturated rings. The fourth-order valence-corrected chi connectivity index (χ4v) is 1.48. The van der Waals surface area contributed by atoms with Crippen LogP contribution in [0.5, 0.6) is 0 Å². The molecule has 0 saturated carbocycles. The maximum absolute atomic E-state index is 4.30. The van der Waals surface area contributed by atoms with Gasteiger partial charge in [0.25, 0.3) is 0 Å². The van der Waals surface area contributed by atoms with Crippen LogP contribution in [0.1, 0.15) is 57.7 Å². The minimum Gasteiger partial charge on any atom is -0.261 e. The van der Waals surface area contributed by atoms with Gasteiger partial charge in [-0.3, -0.25) is 4.98 Å². The van der Waals surface area contributed by atoms with Gasteiger partial charge in [0, 0.05) is 11.9 Å². The summed E-state index contributed by atoms with van der Waals surface area (Å²) < 4.78 is 0. The minimum atomic E-state index is 0.693. The fourth-order valence-electron chi connectivity index (χ4n) is 1.48. The van der Waals surface area contributed by atoms with Crippen molar-refractivity contribution in [3.63, 3.8) is 0 Å². The summed E-state index contributed by atoms with van der Waals surface area (Å²) in [4.78, 5) is 4.30. The van der Waals surface area contributed by atoms with Gasteiger partial charge in [-0.1, -0.05) is 33.8 Å². The molecule has 0 saturated heterocycles. The van der Waals surface area contributed by atoms with Gasteiger partial charge in [0.05, 0.1) is 0 Å². The van der Waals surface area contributed by atoms with Gasteiger partial charge < -0.3 is 0 Å². The monoisotopic (exact) mass is 193 g/mol. The Kier molecular flexibility index (Phi) is 7.09. The van der Waals surface area contributed by atoms with Gasteiger partial charge in [0.15, 0.2) is 0 Å². The third-order valence-corrected chi connectivity index (χ3v) is 2.39. The third-order valence-electron chi connectivity index (χ3n) is 2.39. The van der Waals surface area contributed by atoms with E-state index in [1.807, 2.05) is 27.0 Å². The van der Waals surface area contributed by atoms with Crippen LogP contribution in [-0.4, -0.2) is 4.98 Å². The van der Waals surface area contributed by atoms with Crippen molar-refractivity contribution in [1.82, 2.24) is 4.98 Å². The minimum absolute atomic E-state index is 0.693. The Morgan fingerprint density at radius 3 is 2.07 bits per heavy atom. The first kappa shape index (κ1) is 13.2. The normalized spacial score (nSPS) is 9.57. The summed E-state index contributed by atoms with van der Waals surface area (Å²) in [5, 5.41) is 0. The van der Waals surface area contributed by atoms with Crippen LogP contribution in [0.25, 0.3) is 0 Å². The zero-order chi connectivity index (χ0) is 11.0. The summed E-state index contributed by atoms with van der Waals surface area (Å²) in [7, 11) is 0. The Hall–Kier alpha value is -0.850. The highest BCUT2D eigenvalue weighted by Gasteiger charge is 2.05. The van der Waals surface area contributed by atoms with Crippen molar-refractivity contribution in [2.45, 2.75) is 53.4 Å². The standard InChI is InChI=1S/C11H17N.C2H6/c1-4-10(5-2)11-7-6-9(3)12-8-11;1-2/h6-8,10H,4-5H2,1-3H3;1-2H3. The molecule has 1 nitrogen and oxygen atoms in total. The molecule has 0 radical (unpaired) electrons. The van der Waals surface area contributed by atoms with Gasteiger partial charge in [0.2, 0.25) is 0 Å². The summed E-state index contributed by atoms with van der Waals surface area (Å²) in [5.74, 6) is 0.693. The van der Waals surface area contributed by atoms with E-state index in [4.69, 9.17) is 0 Å². The van der Waals surface area contributed by atoms with Crippen molar-refractivity contribution >= 4 is 0 Å². The molecule has 0 aliphatic rings. The summed E-state index contributed by atoms with van der Waals surface area (Å²) in [5.41, 5.74) is 2.48. The van der Waals surface area contributed by atoms with E-state index in [0.717, 1.165) is 5.69 Å². The van der Waals surface area contributed by atoms with Crippen molar-refractivity contribution in [2.24, 2.45) is 0 Å². The van der Waals surface area contributed by atoms with E-state index in [1.54, 1.807) is 0 Å². The highest BCUT2D eigenvalue weighted by atomic mass is 14.7. The molecular weight excluding hydrogens is 170 g/mol. The lowest BCUT2D eigenvalue weighted by atomic mass is 9.95. The van der Waals surface area contributed by atoms with E-state index in [2.05, 4.69) is 31.0 Å². The van der Waals surface area contributed by atoms with Crippen LogP contribution in [0, 0.1) is 6.92 Å². The predicted octanol–water partition coefficient (Wildman–Crippen LogP) is 4.32. The molecule has 0 N–H and O–H groups in total. The second kappa shape index (κ2) is 7.54. The van der Waals surface area contributed by atoms with Crippen molar-refractivity contribution in [2.75, 3.05) is 0 Å². The predicted molar refractivity (Wildman–Crippen MR) is 63.6 cm³/mol. The molecule has 1 aromatic heterocycles. The molecule has 14 heavy (non-hydrogen) atoms. The van der Waals surface area contributed by atoms with Crippen LogP contribution in [0.3, 0.4) is 0 Å². The Labute approximate surface area is 88.6 Å². The number of rotatable bonds is 3. The highest BCUT2D eigenvalue weighted by Crippen LogP contribution is 2.21. The largest absolute Gasteiger partial charge is 0.261 e. The van der Waals surface area contributed by atoms with Crippen LogP contribution < -0.4 is 0 Å². The van der Waals surface area contributed by atoms with Gasteiger partial charge in [-0.25, -0.2) is 0 Å². The number of hydrogen-bond acceptors (Lipinski definition) is 1. The SMILES string of the molecule is CC.CCC(CC)c1ccc(C)nc1. The maximum Gasteiger partial charge on any atom is 0.0372 e. The number of aromatic nitrogens is 1. The fraction of sp³-hybridized carbons (Fsp3) is 0.615. The van der Waals surface area contributed by atoms with Gasteiger partial charge in [0.1, 0.15) is 0 Å². The molecule has 0 amide bonds. The summed E-state index contributed by atoms with van der Waals surface area (Å²) in [6.07, 6.45) is 4.43. The molecule has 0 aromatic carbocycles. The molecule has 0 bridgehead atoms. The van der Waals surface area contributed by atoms with E-state index < -0.39 is 0 Å². The zero-order valence-electron chi connectivity index (χ0n) is 10.2. The zero-order valence-corrected chi connectivity index (χ0v) is 10.2.